The van der Waals surface area contributed by atoms with Crippen LogP contribution < -0.4 is 10.1 Å². The average Bonchev–Trinajstić information content (AvgIpc) is 2.75. The highest BCUT2D eigenvalue weighted by molar-refractivity contribution is 5.52. The van der Waals surface area contributed by atoms with Crippen molar-refractivity contribution in [2.45, 2.75) is 33.7 Å². The molecule has 0 aliphatic heterocycles. The van der Waals surface area contributed by atoms with Gasteiger partial charge in [0.2, 0.25) is 0 Å². The van der Waals surface area contributed by atoms with Crippen molar-refractivity contribution in [1.82, 2.24) is 15.1 Å². The van der Waals surface area contributed by atoms with Gasteiger partial charge in [-0.3, -0.25) is 4.68 Å². The summed E-state index contributed by atoms with van der Waals surface area (Å²) in [6.07, 6.45) is 7.04. The van der Waals surface area contributed by atoms with Gasteiger partial charge in [0.1, 0.15) is 5.69 Å². The van der Waals surface area contributed by atoms with Gasteiger partial charge in [-0.1, -0.05) is 19.9 Å². The summed E-state index contributed by atoms with van der Waals surface area (Å²) >= 11 is 0. The second-order valence-corrected chi connectivity index (χ2v) is 4.70. The second-order valence-electron chi connectivity index (χ2n) is 4.70. The van der Waals surface area contributed by atoms with Crippen LogP contribution in [0, 0.1) is 5.92 Å². The second kappa shape index (κ2) is 7.93. The van der Waals surface area contributed by atoms with Gasteiger partial charge in [0.25, 0.3) is 0 Å². The molecule has 0 aliphatic rings. The molecular weight excluding hydrogens is 226 g/mol. The van der Waals surface area contributed by atoms with Crippen LogP contribution in [-0.2, 0) is 6.54 Å². The van der Waals surface area contributed by atoms with E-state index in [1.165, 1.54) is 0 Å². The fourth-order valence-electron chi connectivity index (χ4n) is 1.73. The lowest BCUT2D eigenvalue weighted by Gasteiger charge is -2.05. The molecule has 0 unspecified atom stereocenters. The maximum atomic E-state index is 5.29. The number of hydrogen-bond acceptors (Lipinski definition) is 3. The van der Waals surface area contributed by atoms with Gasteiger partial charge < -0.3 is 10.1 Å². The Labute approximate surface area is 110 Å². The summed E-state index contributed by atoms with van der Waals surface area (Å²) in [5, 5.41) is 7.69. The van der Waals surface area contributed by atoms with Crippen LogP contribution in [-0.4, -0.2) is 30.0 Å². The van der Waals surface area contributed by atoms with E-state index < -0.39 is 0 Å². The maximum absolute atomic E-state index is 5.29. The minimum atomic E-state index is 0.704. The molecule has 1 heterocycles. The number of ether oxygens (including phenoxy) is 1. The standard InChI is InChI=1S/C14H25N3O/c1-5-17-13(14(18-4)11-16-17)8-6-7-9-15-10-12(2)3/h6,8,11-12,15H,5,7,9-10H2,1-4H3/b8-6+. The first-order chi connectivity index (χ1) is 8.69. The molecular formula is C14H25N3O. The molecule has 0 radical (unpaired) electrons. The number of aryl methyl sites for hydroxylation is 1. The van der Waals surface area contributed by atoms with Crippen molar-refractivity contribution >= 4 is 6.08 Å². The van der Waals surface area contributed by atoms with Gasteiger partial charge in [0, 0.05) is 6.54 Å². The van der Waals surface area contributed by atoms with Crippen LogP contribution in [0.2, 0.25) is 0 Å². The van der Waals surface area contributed by atoms with Crippen LogP contribution in [0.4, 0.5) is 0 Å². The molecule has 0 amide bonds. The van der Waals surface area contributed by atoms with E-state index in [0.29, 0.717) is 5.92 Å². The van der Waals surface area contributed by atoms with Crippen molar-refractivity contribution < 1.29 is 4.74 Å². The lowest BCUT2D eigenvalue weighted by atomic mass is 10.2. The van der Waals surface area contributed by atoms with Crippen molar-refractivity contribution in [1.29, 1.82) is 0 Å². The van der Waals surface area contributed by atoms with Crippen LogP contribution in [0.3, 0.4) is 0 Å². The van der Waals surface area contributed by atoms with E-state index >= 15 is 0 Å². The first-order valence-electron chi connectivity index (χ1n) is 6.66. The molecule has 0 spiro atoms. The quantitative estimate of drug-likeness (QED) is 0.722. The van der Waals surface area contributed by atoms with E-state index in [9.17, 15) is 0 Å². The monoisotopic (exact) mass is 251 g/mol. The van der Waals surface area contributed by atoms with E-state index in [2.05, 4.69) is 43.3 Å². The molecule has 18 heavy (non-hydrogen) atoms. The minimum absolute atomic E-state index is 0.704. The van der Waals surface area contributed by atoms with Crippen molar-refractivity contribution in [3.05, 3.63) is 18.0 Å². The Morgan fingerprint density at radius 2 is 2.28 bits per heavy atom. The van der Waals surface area contributed by atoms with E-state index in [4.69, 9.17) is 4.74 Å². The lowest BCUT2D eigenvalue weighted by Crippen LogP contribution is -2.20. The molecule has 1 aromatic heterocycles. The van der Waals surface area contributed by atoms with E-state index in [0.717, 1.165) is 37.5 Å². The van der Waals surface area contributed by atoms with Gasteiger partial charge in [0.05, 0.1) is 13.3 Å². The van der Waals surface area contributed by atoms with Gasteiger partial charge in [0.15, 0.2) is 5.75 Å². The van der Waals surface area contributed by atoms with Crippen LogP contribution in [0.1, 0.15) is 32.9 Å². The molecule has 0 saturated carbocycles. The van der Waals surface area contributed by atoms with Crippen LogP contribution >= 0.6 is 0 Å². The van der Waals surface area contributed by atoms with E-state index in [1.807, 2.05) is 4.68 Å². The third kappa shape index (κ3) is 4.53. The molecule has 0 fully saturated rings. The average molecular weight is 251 g/mol. The van der Waals surface area contributed by atoms with E-state index in [-0.39, 0.29) is 0 Å². The summed E-state index contributed by atoms with van der Waals surface area (Å²) in [5.74, 6) is 1.54. The molecule has 4 heteroatoms. The molecule has 1 N–H and O–H groups in total. The SMILES string of the molecule is CCn1ncc(OC)c1/C=C/CCNCC(C)C. The number of nitrogens with one attached hydrogen (secondary N) is 1. The summed E-state index contributed by atoms with van der Waals surface area (Å²) in [6.45, 7) is 9.45. The highest BCUT2D eigenvalue weighted by atomic mass is 16.5. The molecule has 1 rings (SSSR count). The minimum Gasteiger partial charge on any atom is -0.493 e. The Hall–Kier alpha value is -1.29. The zero-order chi connectivity index (χ0) is 13.4. The first kappa shape index (κ1) is 14.8. The zero-order valence-electron chi connectivity index (χ0n) is 11.9. The van der Waals surface area contributed by atoms with Crippen molar-refractivity contribution in [2.75, 3.05) is 20.2 Å². The third-order valence-electron chi connectivity index (χ3n) is 2.68. The lowest BCUT2D eigenvalue weighted by molar-refractivity contribution is 0.412. The van der Waals surface area contributed by atoms with Gasteiger partial charge in [-0.15, -0.1) is 0 Å². The van der Waals surface area contributed by atoms with Crippen molar-refractivity contribution in [2.24, 2.45) is 5.92 Å². The van der Waals surface area contributed by atoms with Crippen molar-refractivity contribution in [3.63, 3.8) is 0 Å². The van der Waals surface area contributed by atoms with Gasteiger partial charge in [-0.2, -0.15) is 5.10 Å². The number of nitrogens with zero attached hydrogens (tertiary/aromatic N) is 2. The molecule has 4 nitrogen and oxygen atoms in total. The molecule has 0 aromatic carbocycles. The molecule has 0 aliphatic carbocycles. The molecule has 0 bridgehead atoms. The summed E-state index contributed by atoms with van der Waals surface area (Å²) in [4.78, 5) is 0. The Kier molecular flexibility index (Phi) is 6.50. The molecule has 1 aromatic rings. The maximum Gasteiger partial charge on any atom is 0.164 e. The number of rotatable bonds is 8. The molecule has 102 valence electrons. The predicted molar refractivity (Wildman–Crippen MR) is 75.8 cm³/mol. The van der Waals surface area contributed by atoms with Crippen LogP contribution in [0.5, 0.6) is 5.75 Å². The Bertz CT molecular complexity index is 348. The fourth-order valence-corrected chi connectivity index (χ4v) is 1.73. The number of hydrogen-bond donors (Lipinski definition) is 1. The van der Waals surface area contributed by atoms with Gasteiger partial charge >= 0.3 is 0 Å². The van der Waals surface area contributed by atoms with Gasteiger partial charge in [-0.05, 0) is 38.4 Å². The molecule has 0 atom stereocenters. The van der Waals surface area contributed by atoms with Crippen LogP contribution in [0.15, 0.2) is 12.3 Å². The normalized spacial score (nSPS) is 11.6. The smallest absolute Gasteiger partial charge is 0.164 e. The fraction of sp³-hybridized carbons (Fsp3) is 0.643. The summed E-state index contributed by atoms with van der Waals surface area (Å²) in [6, 6.07) is 0. The summed E-state index contributed by atoms with van der Waals surface area (Å²) < 4.78 is 7.23. The highest BCUT2D eigenvalue weighted by Crippen LogP contribution is 2.18. The van der Waals surface area contributed by atoms with Crippen molar-refractivity contribution in [3.8, 4) is 5.75 Å². The largest absolute Gasteiger partial charge is 0.493 e. The Balaban J connectivity index is 2.43. The molecule has 0 saturated heterocycles. The highest BCUT2D eigenvalue weighted by Gasteiger charge is 2.05. The Morgan fingerprint density at radius 1 is 1.50 bits per heavy atom. The summed E-state index contributed by atoms with van der Waals surface area (Å²) in [5.41, 5.74) is 1.05. The Morgan fingerprint density at radius 3 is 2.89 bits per heavy atom. The number of aromatic nitrogens is 2. The predicted octanol–water partition coefficient (Wildman–Crippen LogP) is 2.56. The third-order valence-corrected chi connectivity index (χ3v) is 2.68. The van der Waals surface area contributed by atoms with Gasteiger partial charge in [-0.25, -0.2) is 0 Å². The topological polar surface area (TPSA) is 39.1 Å². The first-order valence-corrected chi connectivity index (χ1v) is 6.66. The number of methoxy groups -OCH3 is 1. The van der Waals surface area contributed by atoms with Crippen LogP contribution in [0.25, 0.3) is 6.08 Å². The zero-order valence-corrected chi connectivity index (χ0v) is 11.9. The summed E-state index contributed by atoms with van der Waals surface area (Å²) in [7, 11) is 1.68. The van der Waals surface area contributed by atoms with E-state index in [1.54, 1.807) is 13.3 Å².